The fourth-order valence-corrected chi connectivity index (χ4v) is 1.33. The van der Waals surface area contributed by atoms with E-state index in [9.17, 15) is 4.79 Å². The first-order valence-electron chi connectivity index (χ1n) is 6.77. The molecule has 8 heteroatoms. The van der Waals surface area contributed by atoms with Crippen molar-refractivity contribution >= 4 is 11.9 Å². The Balaban J connectivity index is 4.00. The third-order valence-corrected chi connectivity index (χ3v) is 2.41. The summed E-state index contributed by atoms with van der Waals surface area (Å²) < 4.78 is 10.1. The largest absolute Gasteiger partial charge is 0.383 e. The number of nitrogens with zero attached hydrogens (tertiary/aromatic N) is 1. The van der Waals surface area contributed by atoms with Crippen molar-refractivity contribution in [2.45, 2.75) is 26.3 Å². The van der Waals surface area contributed by atoms with Crippen molar-refractivity contribution < 1.29 is 14.3 Å². The van der Waals surface area contributed by atoms with Crippen LogP contribution in [0.15, 0.2) is 4.99 Å². The molecule has 0 fully saturated rings. The van der Waals surface area contributed by atoms with Gasteiger partial charge in [0.15, 0.2) is 0 Å². The number of guanidine groups is 1. The molecule has 0 heterocycles. The topological polar surface area (TPSA) is 110 Å². The van der Waals surface area contributed by atoms with Crippen LogP contribution in [-0.4, -0.2) is 57.9 Å². The number of methoxy groups -OCH3 is 1. The molecule has 0 saturated heterocycles. The van der Waals surface area contributed by atoms with E-state index in [0.717, 1.165) is 6.42 Å². The van der Waals surface area contributed by atoms with Gasteiger partial charge in [0, 0.05) is 33.4 Å². The van der Waals surface area contributed by atoms with E-state index in [2.05, 4.69) is 21.1 Å². The number of nitrogens with two attached hydrogens (primary N) is 1. The summed E-state index contributed by atoms with van der Waals surface area (Å²) >= 11 is 0. The van der Waals surface area contributed by atoms with Gasteiger partial charge in [-0.2, -0.15) is 0 Å². The fraction of sp³-hybridized carbons (Fsp3) is 0.833. The zero-order chi connectivity index (χ0) is 15.2. The molecule has 1 unspecified atom stereocenters. The summed E-state index contributed by atoms with van der Waals surface area (Å²) in [5.41, 5.74) is 2.44. The van der Waals surface area contributed by atoms with Crippen molar-refractivity contribution in [3.8, 4) is 0 Å². The highest BCUT2D eigenvalue weighted by Crippen LogP contribution is 1.86. The minimum atomic E-state index is -0.437. The Kier molecular flexibility index (Phi) is 11.8. The number of carbonyl (C=O) groups excluding carboxylic acids is 1. The van der Waals surface area contributed by atoms with E-state index < -0.39 is 6.04 Å². The van der Waals surface area contributed by atoms with Crippen molar-refractivity contribution in [3.05, 3.63) is 0 Å². The molecule has 0 aromatic carbocycles. The predicted octanol–water partition coefficient (Wildman–Crippen LogP) is -1.03. The van der Waals surface area contributed by atoms with E-state index in [1.807, 2.05) is 6.92 Å². The van der Waals surface area contributed by atoms with Crippen molar-refractivity contribution in [2.75, 3.05) is 40.0 Å². The van der Waals surface area contributed by atoms with Crippen LogP contribution < -0.4 is 21.9 Å². The van der Waals surface area contributed by atoms with Crippen LogP contribution in [0.2, 0.25) is 0 Å². The SMILES string of the molecule is CCOCCCN=C(NN)NC(C)C(=O)NCCOC. The number of hydrogen-bond donors (Lipinski definition) is 4. The lowest BCUT2D eigenvalue weighted by Crippen LogP contribution is -2.51. The quantitative estimate of drug-likeness (QED) is 0.135. The lowest BCUT2D eigenvalue weighted by molar-refractivity contribution is -0.122. The molecular weight excluding hydrogens is 262 g/mol. The maximum absolute atomic E-state index is 11.7. The lowest BCUT2D eigenvalue weighted by Gasteiger charge is -2.16. The zero-order valence-electron chi connectivity index (χ0n) is 12.6. The number of nitrogens with one attached hydrogen (secondary N) is 3. The zero-order valence-corrected chi connectivity index (χ0v) is 12.6. The van der Waals surface area contributed by atoms with Gasteiger partial charge in [-0.1, -0.05) is 0 Å². The Morgan fingerprint density at radius 2 is 2.15 bits per heavy atom. The Hall–Kier alpha value is -1.38. The second-order valence-corrected chi connectivity index (χ2v) is 4.07. The molecule has 0 spiro atoms. The predicted molar refractivity (Wildman–Crippen MR) is 78.2 cm³/mol. The molecule has 0 aromatic heterocycles. The van der Waals surface area contributed by atoms with E-state index in [0.29, 0.717) is 38.9 Å². The second kappa shape index (κ2) is 12.6. The Morgan fingerprint density at radius 1 is 1.40 bits per heavy atom. The van der Waals surface area contributed by atoms with Crippen molar-refractivity contribution in [3.63, 3.8) is 0 Å². The highest BCUT2D eigenvalue weighted by molar-refractivity contribution is 5.88. The Bertz CT molecular complexity index is 286. The molecule has 0 aliphatic carbocycles. The highest BCUT2D eigenvalue weighted by atomic mass is 16.5. The van der Waals surface area contributed by atoms with Gasteiger partial charge in [0.2, 0.25) is 11.9 Å². The van der Waals surface area contributed by atoms with Crippen LogP contribution >= 0.6 is 0 Å². The number of rotatable bonds is 10. The van der Waals surface area contributed by atoms with E-state index in [4.69, 9.17) is 15.3 Å². The molecule has 1 atom stereocenters. The molecule has 1 amide bonds. The first-order chi connectivity index (χ1) is 9.65. The third-order valence-electron chi connectivity index (χ3n) is 2.41. The third kappa shape index (κ3) is 9.54. The molecule has 5 N–H and O–H groups in total. The normalized spacial score (nSPS) is 12.9. The lowest BCUT2D eigenvalue weighted by atomic mass is 10.3. The first-order valence-corrected chi connectivity index (χ1v) is 6.77. The molecule has 0 aliphatic rings. The molecule has 0 saturated carbocycles. The number of hydrazine groups is 1. The first kappa shape index (κ1) is 18.6. The van der Waals surface area contributed by atoms with Crippen LogP contribution in [0.25, 0.3) is 0 Å². The maximum Gasteiger partial charge on any atom is 0.242 e. The molecule has 20 heavy (non-hydrogen) atoms. The molecule has 8 nitrogen and oxygen atoms in total. The second-order valence-electron chi connectivity index (χ2n) is 4.07. The van der Waals surface area contributed by atoms with E-state index in [1.165, 1.54) is 0 Å². The van der Waals surface area contributed by atoms with Gasteiger partial charge in [0.1, 0.15) is 6.04 Å². The number of amides is 1. The molecule has 118 valence electrons. The fourth-order valence-electron chi connectivity index (χ4n) is 1.33. The van der Waals surface area contributed by atoms with Crippen LogP contribution in [0.4, 0.5) is 0 Å². The van der Waals surface area contributed by atoms with Gasteiger partial charge in [-0.3, -0.25) is 15.2 Å². The van der Waals surface area contributed by atoms with Crippen LogP contribution in [0.3, 0.4) is 0 Å². The van der Waals surface area contributed by atoms with Gasteiger partial charge in [0.25, 0.3) is 0 Å². The van der Waals surface area contributed by atoms with Crippen molar-refractivity contribution in [1.82, 2.24) is 16.1 Å². The van der Waals surface area contributed by atoms with Crippen LogP contribution in [0.5, 0.6) is 0 Å². The average molecular weight is 289 g/mol. The van der Waals surface area contributed by atoms with Gasteiger partial charge >= 0.3 is 0 Å². The van der Waals surface area contributed by atoms with E-state index in [1.54, 1.807) is 14.0 Å². The summed E-state index contributed by atoms with van der Waals surface area (Å²) in [6.07, 6.45) is 0.801. The van der Waals surface area contributed by atoms with E-state index in [-0.39, 0.29) is 5.91 Å². The van der Waals surface area contributed by atoms with Crippen LogP contribution in [0.1, 0.15) is 20.3 Å². The number of aliphatic imine (C=N–C) groups is 1. The smallest absolute Gasteiger partial charge is 0.242 e. The standard InChI is InChI=1S/C12H27N5O3/c1-4-20-8-5-6-15-12(17-13)16-10(2)11(18)14-7-9-19-3/h10H,4-9,13H2,1-3H3,(H,14,18)(H2,15,16,17). The van der Waals surface area contributed by atoms with Gasteiger partial charge in [0.05, 0.1) is 6.61 Å². The van der Waals surface area contributed by atoms with E-state index >= 15 is 0 Å². The minimum absolute atomic E-state index is 0.140. The van der Waals surface area contributed by atoms with Crippen molar-refractivity contribution in [1.29, 1.82) is 0 Å². The van der Waals surface area contributed by atoms with Gasteiger partial charge < -0.3 is 20.1 Å². The minimum Gasteiger partial charge on any atom is -0.383 e. The Morgan fingerprint density at radius 3 is 2.75 bits per heavy atom. The van der Waals surface area contributed by atoms with Crippen molar-refractivity contribution in [2.24, 2.45) is 10.8 Å². The molecule has 0 rings (SSSR count). The number of carbonyl (C=O) groups is 1. The highest BCUT2D eigenvalue weighted by Gasteiger charge is 2.13. The van der Waals surface area contributed by atoms with Gasteiger partial charge in [-0.25, -0.2) is 5.84 Å². The molecule has 0 bridgehead atoms. The molecular formula is C12H27N5O3. The molecule has 0 radical (unpaired) electrons. The summed E-state index contributed by atoms with van der Waals surface area (Å²) in [6, 6.07) is -0.437. The number of hydrogen-bond acceptors (Lipinski definition) is 5. The molecule has 0 aliphatic heterocycles. The summed E-state index contributed by atoms with van der Waals surface area (Å²) in [7, 11) is 1.58. The van der Waals surface area contributed by atoms with Crippen LogP contribution in [0, 0.1) is 0 Å². The monoisotopic (exact) mass is 289 g/mol. The summed E-state index contributed by atoms with van der Waals surface area (Å²) in [6.45, 7) is 6.55. The average Bonchev–Trinajstić information content (AvgIpc) is 2.45. The van der Waals surface area contributed by atoms with Gasteiger partial charge in [-0.15, -0.1) is 0 Å². The molecule has 0 aromatic rings. The summed E-state index contributed by atoms with van der Waals surface area (Å²) in [5, 5.41) is 5.63. The summed E-state index contributed by atoms with van der Waals surface area (Å²) in [4.78, 5) is 15.9. The summed E-state index contributed by atoms with van der Waals surface area (Å²) in [5.74, 6) is 5.60. The maximum atomic E-state index is 11.7. The Labute approximate surface area is 120 Å². The van der Waals surface area contributed by atoms with Crippen LogP contribution in [-0.2, 0) is 14.3 Å². The number of ether oxygens (including phenoxy) is 2. The van der Waals surface area contributed by atoms with Gasteiger partial charge in [-0.05, 0) is 20.3 Å².